The molecule has 2 aliphatic heterocycles. The topological polar surface area (TPSA) is 93.2 Å². The first-order valence-corrected chi connectivity index (χ1v) is 11.7. The van der Waals surface area contributed by atoms with Crippen LogP contribution in [0.1, 0.15) is 49.4 Å². The smallest absolute Gasteiger partial charge is 0.339 e. The SMILES string of the molecule is CCOC(=O)c1ccc(N2CCCN(CC(=O)NC3CCC4(CC3)OCCO4)CC2)nc1. The van der Waals surface area contributed by atoms with Crippen molar-refractivity contribution in [3.63, 3.8) is 0 Å². The molecule has 0 bridgehead atoms. The Balaban J connectivity index is 1.21. The van der Waals surface area contributed by atoms with E-state index in [0.717, 1.165) is 64.1 Å². The highest BCUT2D eigenvalue weighted by Crippen LogP contribution is 2.35. The summed E-state index contributed by atoms with van der Waals surface area (Å²) in [7, 11) is 0. The van der Waals surface area contributed by atoms with Gasteiger partial charge in [0.25, 0.3) is 0 Å². The van der Waals surface area contributed by atoms with Crippen LogP contribution < -0.4 is 10.2 Å². The summed E-state index contributed by atoms with van der Waals surface area (Å²) in [6.07, 6.45) is 6.01. The lowest BCUT2D eigenvalue weighted by atomic mass is 9.90. The Morgan fingerprint density at radius 2 is 1.94 bits per heavy atom. The maximum absolute atomic E-state index is 12.6. The lowest BCUT2D eigenvalue weighted by Crippen LogP contribution is -2.47. The van der Waals surface area contributed by atoms with Gasteiger partial charge in [0.15, 0.2) is 5.79 Å². The zero-order valence-electron chi connectivity index (χ0n) is 18.9. The molecule has 0 aromatic carbocycles. The molecule has 1 N–H and O–H groups in total. The van der Waals surface area contributed by atoms with Crippen molar-refractivity contribution in [2.24, 2.45) is 0 Å². The molecule has 32 heavy (non-hydrogen) atoms. The van der Waals surface area contributed by atoms with Crippen LogP contribution in [0, 0.1) is 0 Å². The molecule has 0 atom stereocenters. The Hall–Kier alpha value is -2.23. The third-order valence-corrected chi connectivity index (χ3v) is 6.46. The van der Waals surface area contributed by atoms with Crippen molar-refractivity contribution in [3.05, 3.63) is 23.9 Å². The van der Waals surface area contributed by atoms with E-state index in [1.807, 2.05) is 6.07 Å². The van der Waals surface area contributed by atoms with E-state index in [1.54, 1.807) is 19.2 Å². The fourth-order valence-electron chi connectivity index (χ4n) is 4.73. The van der Waals surface area contributed by atoms with Crippen molar-refractivity contribution in [1.82, 2.24) is 15.2 Å². The minimum absolute atomic E-state index is 0.0876. The van der Waals surface area contributed by atoms with Crippen LogP contribution in [0.15, 0.2) is 18.3 Å². The molecule has 1 aromatic heterocycles. The molecule has 2 saturated heterocycles. The van der Waals surface area contributed by atoms with Gasteiger partial charge in [0, 0.05) is 51.3 Å². The number of anilines is 1. The lowest BCUT2D eigenvalue weighted by Gasteiger charge is -2.35. The van der Waals surface area contributed by atoms with Gasteiger partial charge in [-0.25, -0.2) is 9.78 Å². The quantitative estimate of drug-likeness (QED) is 0.659. The molecule has 1 amide bonds. The van der Waals surface area contributed by atoms with Gasteiger partial charge in [-0.15, -0.1) is 0 Å². The predicted octanol–water partition coefficient (Wildman–Crippen LogP) is 1.57. The summed E-state index contributed by atoms with van der Waals surface area (Å²) < 4.78 is 16.6. The number of rotatable bonds is 6. The average molecular weight is 447 g/mol. The normalized spacial score (nSPS) is 22.0. The van der Waals surface area contributed by atoms with Gasteiger partial charge in [0.1, 0.15) is 5.82 Å². The number of esters is 1. The molecular weight excluding hydrogens is 412 g/mol. The molecule has 1 aliphatic carbocycles. The molecule has 4 rings (SSSR count). The van der Waals surface area contributed by atoms with E-state index in [-0.39, 0.29) is 17.9 Å². The number of pyridine rings is 1. The molecule has 1 spiro atoms. The zero-order chi connectivity index (χ0) is 22.4. The van der Waals surface area contributed by atoms with Crippen LogP contribution in [-0.2, 0) is 19.0 Å². The van der Waals surface area contributed by atoms with Crippen LogP contribution in [0.5, 0.6) is 0 Å². The first-order valence-electron chi connectivity index (χ1n) is 11.7. The van der Waals surface area contributed by atoms with E-state index in [0.29, 0.717) is 31.9 Å². The van der Waals surface area contributed by atoms with E-state index in [1.165, 1.54) is 0 Å². The van der Waals surface area contributed by atoms with E-state index in [2.05, 4.69) is 20.1 Å². The van der Waals surface area contributed by atoms with Gasteiger partial charge in [-0.05, 0) is 38.3 Å². The van der Waals surface area contributed by atoms with E-state index in [4.69, 9.17) is 14.2 Å². The summed E-state index contributed by atoms with van der Waals surface area (Å²) in [5, 5.41) is 3.20. The van der Waals surface area contributed by atoms with Gasteiger partial charge in [0.05, 0.1) is 31.9 Å². The maximum atomic E-state index is 12.6. The number of aromatic nitrogens is 1. The minimum Gasteiger partial charge on any atom is -0.462 e. The van der Waals surface area contributed by atoms with E-state index in [9.17, 15) is 9.59 Å². The maximum Gasteiger partial charge on any atom is 0.339 e. The Morgan fingerprint density at radius 3 is 2.62 bits per heavy atom. The molecule has 3 aliphatic rings. The molecule has 1 aromatic rings. The van der Waals surface area contributed by atoms with E-state index < -0.39 is 5.79 Å². The largest absolute Gasteiger partial charge is 0.462 e. The number of carbonyl (C=O) groups excluding carboxylic acids is 2. The standard InChI is InChI=1S/C23H34N4O5/c1-2-30-22(29)18-4-5-20(24-16-18)27-11-3-10-26(12-13-27)17-21(28)25-19-6-8-23(9-7-19)31-14-15-32-23/h4-5,16,19H,2-3,6-15,17H2,1H3,(H,25,28). The van der Waals surface area contributed by atoms with Gasteiger partial charge < -0.3 is 24.4 Å². The van der Waals surface area contributed by atoms with Crippen molar-refractivity contribution in [3.8, 4) is 0 Å². The second kappa shape index (κ2) is 10.6. The number of amides is 1. The monoisotopic (exact) mass is 446 g/mol. The second-order valence-corrected chi connectivity index (χ2v) is 8.69. The number of hydrogen-bond donors (Lipinski definition) is 1. The highest BCUT2D eigenvalue weighted by Gasteiger charge is 2.40. The Kier molecular flexibility index (Phi) is 7.59. The number of nitrogens with one attached hydrogen (secondary N) is 1. The third kappa shape index (κ3) is 5.76. The molecule has 1 saturated carbocycles. The minimum atomic E-state index is -0.391. The number of carbonyl (C=O) groups is 2. The van der Waals surface area contributed by atoms with Crippen molar-refractivity contribution < 1.29 is 23.8 Å². The summed E-state index contributed by atoms with van der Waals surface area (Å²) in [5.41, 5.74) is 0.461. The molecule has 176 valence electrons. The molecule has 0 unspecified atom stereocenters. The van der Waals surface area contributed by atoms with Gasteiger partial charge in [-0.1, -0.05) is 0 Å². The third-order valence-electron chi connectivity index (χ3n) is 6.46. The lowest BCUT2D eigenvalue weighted by molar-refractivity contribution is -0.180. The molecule has 3 heterocycles. The van der Waals surface area contributed by atoms with Crippen molar-refractivity contribution in [1.29, 1.82) is 0 Å². The van der Waals surface area contributed by atoms with Crippen LogP contribution in [-0.4, -0.2) is 86.1 Å². The van der Waals surface area contributed by atoms with Crippen molar-refractivity contribution >= 4 is 17.7 Å². The summed E-state index contributed by atoms with van der Waals surface area (Å²) in [6, 6.07) is 3.82. The van der Waals surface area contributed by atoms with Gasteiger partial charge in [-0.2, -0.15) is 0 Å². The predicted molar refractivity (Wildman–Crippen MR) is 118 cm³/mol. The van der Waals surface area contributed by atoms with Crippen LogP contribution in [0.25, 0.3) is 0 Å². The summed E-state index contributed by atoms with van der Waals surface area (Å²) in [4.78, 5) is 33.3. The Morgan fingerprint density at radius 1 is 1.16 bits per heavy atom. The molecule has 9 nitrogen and oxygen atoms in total. The molecule has 9 heteroatoms. The van der Waals surface area contributed by atoms with Crippen LogP contribution >= 0.6 is 0 Å². The van der Waals surface area contributed by atoms with Crippen LogP contribution in [0.2, 0.25) is 0 Å². The van der Waals surface area contributed by atoms with Crippen LogP contribution in [0.3, 0.4) is 0 Å². The average Bonchev–Trinajstić information content (AvgIpc) is 3.13. The number of hydrogen-bond acceptors (Lipinski definition) is 8. The second-order valence-electron chi connectivity index (χ2n) is 8.69. The molecular formula is C23H34N4O5. The molecule has 3 fully saturated rings. The highest BCUT2D eigenvalue weighted by molar-refractivity contribution is 5.89. The van der Waals surface area contributed by atoms with Crippen molar-refractivity contribution in [2.45, 2.75) is 50.9 Å². The zero-order valence-corrected chi connectivity index (χ0v) is 18.9. The van der Waals surface area contributed by atoms with Crippen molar-refractivity contribution in [2.75, 3.05) is 57.4 Å². The first-order chi connectivity index (χ1) is 15.6. The highest BCUT2D eigenvalue weighted by atomic mass is 16.7. The summed E-state index contributed by atoms with van der Waals surface area (Å²) in [6.45, 7) is 7.23. The number of nitrogens with zero attached hydrogens (tertiary/aromatic N) is 3. The Bertz CT molecular complexity index is 771. The van der Waals surface area contributed by atoms with E-state index >= 15 is 0 Å². The number of ether oxygens (including phenoxy) is 3. The Labute approximate surface area is 189 Å². The molecule has 0 radical (unpaired) electrons. The summed E-state index contributed by atoms with van der Waals surface area (Å²) in [5.74, 6) is 0.190. The van der Waals surface area contributed by atoms with Gasteiger partial charge in [0.2, 0.25) is 5.91 Å². The fraction of sp³-hybridized carbons (Fsp3) is 0.696. The summed E-state index contributed by atoms with van der Waals surface area (Å²) >= 11 is 0. The van der Waals surface area contributed by atoms with Gasteiger partial charge >= 0.3 is 5.97 Å². The first kappa shape index (κ1) is 22.9. The fourth-order valence-corrected chi connectivity index (χ4v) is 4.73. The van der Waals surface area contributed by atoms with Crippen LogP contribution in [0.4, 0.5) is 5.82 Å². The van der Waals surface area contributed by atoms with Gasteiger partial charge in [-0.3, -0.25) is 9.69 Å².